The Morgan fingerprint density at radius 2 is 1.74 bits per heavy atom. The Morgan fingerprint density at radius 1 is 1.05 bits per heavy atom. The number of carbonyl (C=O) groups is 1. The maximum atomic E-state index is 13.8. The molecule has 0 saturated heterocycles. The second-order valence-corrected chi connectivity index (χ2v) is 9.61. The van der Waals surface area contributed by atoms with Crippen molar-refractivity contribution in [3.63, 3.8) is 0 Å². The number of benzene rings is 3. The molecule has 0 saturated carbocycles. The Morgan fingerprint density at radius 3 is 2.41 bits per heavy atom. The lowest BCUT2D eigenvalue weighted by atomic mass is 9.95. The Bertz CT molecular complexity index is 1730. The summed E-state index contributed by atoms with van der Waals surface area (Å²) in [5.41, 5.74) is 2.46. The Balaban J connectivity index is 1.62. The number of alkyl halides is 2. The number of nitrogens with zero attached hydrogens (tertiary/aromatic N) is 2. The Labute approximate surface area is 226 Å². The summed E-state index contributed by atoms with van der Waals surface area (Å²) in [6.45, 7) is -1.25. The van der Waals surface area contributed by atoms with Crippen LogP contribution in [0.2, 0.25) is 0 Å². The maximum absolute atomic E-state index is 13.8. The van der Waals surface area contributed by atoms with Crippen molar-refractivity contribution >= 4 is 29.0 Å². The highest BCUT2D eigenvalue weighted by molar-refractivity contribution is 7.07. The predicted molar refractivity (Wildman–Crippen MR) is 145 cm³/mol. The fourth-order valence-corrected chi connectivity index (χ4v) is 5.45. The van der Waals surface area contributed by atoms with Gasteiger partial charge in [0.25, 0.3) is 11.5 Å². The Hall–Kier alpha value is -4.57. The molecule has 7 nitrogen and oxygen atoms in total. The molecule has 0 bridgehead atoms. The lowest BCUT2D eigenvalue weighted by molar-refractivity contribution is -0.113. The van der Waals surface area contributed by atoms with Crippen molar-refractivity contribution < 1.29 is 23.0 Å². The van der Waals surface area contributed by atoms with Gasteiger partial charge in [-0.25, -0.2) is 4.99 Å². The van der Waals surface area contributed by atoms with Gasteiger partial charge in [-0.2, -0.15) is 8.78 Å². The number of nitrogens with one attached hydrogen (secondary N) is 1. The molecule has 1 amide bonds. The van der Waals surface area contributed by atoms with Gasteiger partial charge in [-0.05, 0) is 48.4 Å². The number of hydrogen-bond donors (Lipinski definition) is 1. The van der Waals surface area contributed by atoms with Gasteiger partial charge in [0.15, 0.2) is 16.3 Å². The number of halogens is 2. The zero-order valence-corrected chi connectivity index (χ0v) is 21.7. The van der Waals surface area contributed by atoms with Crippen LogP contribution in [-0.2, 0) is 4.79 Å². The number of fused-ring (bicyclic) bond motifs is 1. The van der Waals surface area contributed by atoms with Gasteiger partial charge in [0, 0.05) is 5.69 Å². The van der Waals surface area contributed by atoms with Crippen LogP contribution in [0.3, 0.4) is 0 Å². The number of aromatic nitrogens is 1. The normalized spacial score (nSPS) is 15.1. The van der Waals surface area contributed by atoms with Crippen molar-refractivity contribution in [1.82, 2.24) is 4.57 Å². The minimum absolute atomic E-state index is 0.106. The average molecular weight is 548 g/mol. The first-order chi connectivity index (χ1) is 18.9. The van der Waals surface area contributed by atoms with Gasteiger partial charge < -0.3 is 14.8 Å². The molecular formula is C29H23F2N3O4S. The van der Waals surface area contributed by atoms with E-state index in [9.17, 15) is 18.4 Å². The number of thiazole rings is 1. The van der Waals surface area contributed by atoms with E-state index in [4.69, 9.17) is 4.74 Å². The van der Waals surface area contributed by atoms with Gasteiger partial charge in [-0.3, -0.25) is 14.2 Å². The van der Waals surface area contributed by atoms with Crippen LogP contribution in [0.4, 0.5) is 14.5 Å². The molecule has 1 N–H and O–H groups in total. The van der Waals surface area contributed by atoms with Crippen LogP contribution in [-0.4, -0.2) is 24.2 Å². The number of rotatable bonds is 7. The van der Waals surface area contributed by atoms with E-state index in [1.165, 1.54) is 35.1 Å². The third kappa shape index (κ3) is 5.37. The molecule has 3 aromatic carbocycles. The van der Waals surface area contributed by atoms with Crippen LogP contribution < -0.4 is 29.7 Å². The van der Waals surface area contributed by atoms with E-state index >= 15 is 0 Å². The van der Waals surface area contributed by atoms with E-state index in [0.29, 0.717) is 31.9 Å². The van der Waals surface area contributed by atoms with Crippen molar-refractivity contribution in [2.75, 3.05) is 12.4 Å². The van der Waals surface area contributed by atoms with E-state index in [1.807, 2.05) is 48.5 Å². The van der Waals surface area contributed by atoms with Gasteiger partial charge in [0.1, 0.15) is 0 Å². The standard InChI is InChI=1S/C29H23F2N3O4S/c1-17-24(26(35)33-20-11-7-4-8-12-20)25(19-9-5-3-6-10-19)34-27(36)23(39-29(34)32-17)16-18-13-14-21(38-28(30)31)22(15-18)37-2/h3-16,25,28H,1-2H3,(H,33,35)/b23-16+/t25-/m0/s1. The van der Waals surface area contributed by atoms with Crippen LogP contribution in [0.25, 0.3) is 6.08 Å². The third-order valence-electron chi connectivity index (χ3n) is 6.11. The molecule has 0 radical (unpaired) electrons. The third-order valence-corrected chi connectivity index (χ3v) is 7.10. The first-order valence-electron chi connectivity index (χ1n) is 11.9. The average Bonchev–Trinajstić information content (AvgIpc) is 3.23. The summed E-state index contributed by atoms with van der Waals surface area (Å²) in [5, 5.41) is 2.91. The minimum Gasteiger partial charge on any atom is -0.493 e. The molecule has 198 valence electrons. The van der Waals surface area contributed by atoms with E-state index in [2.05, 4.69) is 15.0 Å². The van der Waals surface area contributed by atoms with Gasteiger partial charge in [-0.15, -0.1) is 0 Å². The van der Waals surface area contributed by atoms with Crippen LogP contribution in [0.5, 0.6) is 11.5 Å². The van der Waals surface area contributed by atoms with Gasteiger partial charge in [0.05, 0.1) is 29.0 Å². The number of ether oxygens (including phenoxy) is 2. The maximum Gasteiger partial charge on any atom is 0.387 e. The lowest BCUT2D eigenvalue weighted by Gasteiger charge is -2.25. The molecule has 4 aromatic rings. The number of methoxy groups -OCH3 is 1. The fraction of sp³-hybridized carbons (Fsp3) is 0.138. The zero-order valence-electron chi connectivity index (χ0n) is 20.9. The van der Waals surface area contributed by atoms with Crippen LogP contribution in [0, 0.1) is 0 Å². The van der Waals surface area contributed by atoms with Gasteiger partial charge in [0.2, 0.25) is 0 Å². The minimum atomic E-state index is -3.00. The number of carbonyl (C=O) groups excluding carboxylic acids is 1. The first-order valence-corrected chi connectivity index (χ1v) is 12.7. The SMILES string of the molecule is COc1cc(/C=c2/sc3n(c2=O)[C@@H](c2ccccc2)C(C(=O)Nc2ccccc2)=C(C)N=3)ccc1OC(F)F. The summed E-state index contributed by atoms with van der Waals surface area (Å²) in [4.78, 5) is 32.4. The summed E-state index contributed by atoms with van der Waals surface area (Å²) in [6, 6.07) is 22.1. The van der Waals surface area contributed by atoms with Crippen LogP contribution >= 0.6 is 11.3 Å². The Kier molecular flexibility index (Phi) is 7.38. The summed E-state index contributed by atoms with van der Waals surface area (Å²) >= 11 is 1.18. The molecule has 2 heterocycles. The number of para-hydroxylation sites is 1. The largest absolute Gasteiger partial charge is 0.493 e. The fourth-order valence-electron chi connectivity index (χ4n) is 4.40. The van der Waals surface area contributed by atoms with E-state index in [-0.39, 0.29) is 23.0 Å². The number of amides is 1. The molecule has 1 aliphatic heterocycles. The number of allylic oxidation sites excluding steroid dienone is 1. The van der Waals surface area contributed by atoms with E-state index < -0.39 is 12.7 Å². The molecule has 0 aliphatic carbocycles. The second-order valence-electron chi connectivity index (χ2n) is 8.60. The molecule has 39 heavy (non-hydrogen) atoms. The summed E-state index contributed by atoms with van der Waals surface area (Å²) in [6.07, 6.45) is 1.63. The van der Waals surface area contributed by atoms with Crippen molar-refractivity contribution in [3.05, 3.63) is 121 Å². The van der Waals surface area contributed by atoms with Crippen molar-refractivity contribution in [2.45, 2.75) is 19.6 Å². The summed E-state index contributed by atoms with van der Waals surface area (Å²) in [7, 11) is 1.34. The van der Waals surface area contributed by atoms with E-state index in [0.717, 1.165) is 5.56 Å². The molecular weight excluding hydrogens is 524 g/mol. The molecule has 0 spiro atoms. The summed E-state index contributed by atoms with van der Waals surface area (Å²) < 4.78 is 37.0. The molecule has 0 fully saturated rings. The van der Waals surface area contributed by atoms with Crippen LogP contribution in [0.1, 0.15) is 24.1 Å². The summed E-state index contributed by atoms with van der Waals surface area (Å²) in [5.74, 6) is -0.362. The van der Waals surface area contributed by atoms with Crippen molar-refractivity contribution in [2.24, 2.45) is 4.99 Å². The van der Waals surface area contributed by atoms with Gasteiger partial charge in [-0.1, -0.05) is 65.9 Å². The first kappa shape index (κ1) is 26.1. The smallest absolute Gasteiger partial charge is 0.387 e. The number of hydrogen-bond acceptors (Lipinski definition) is 6. The molecule has 1 atom stereocenters. The topological polar surface area (TPSA) is 81.9 Å². The predicted octanol–water partition coefficient (Wildman–Crippen LogP) is 4.48. The van der Waals surface area contributed by atoms with Crippen molar-refractivity contribution in [1.29, 1.82) is 0 Å². The number of anilines is 1. The zero-order chi connectivity index (χ0) is 27.5. The molecule has 1 aliphatic rings. The quantitative estimate of drug-likeness (QED) is 0.370. The molecule has 5 rings (SSSR count). The van der Waals surface area contributed by atoms with Crippen LogP contribution in [0.15, 0.2) is 99.9 Å². The molecule has 10 heteroatoms. The molecule has 0 unspecified atom stereocenters. The van der Waals surface area contributed by atoms with Crippen molar-refractivity contribution in [3.8, 4) is 11.5 Å². The highest BCUT2D eigenvalue weighted by Crippen LogP contribution is 2.31. The monoisotopic (exact) mass is 547 g/mol. The highest BCUT2D eigenvalue weighted by Gasteiger charge is 2.32. The van der Waals surface area contributed by atoms with E-state index in [1.54, 1.807) is 31.2 Å². The van der Waals surface area contributed by atoms with Gasteiger partial charge >= 0.3 is 6.61 Å². The molecule has 1 aromatic heterocycles. The second kappa shape index (κ2) is 11.0. The highest BCUT2D eigenvalue weighted by atomic mass is 32.1. The lowest BCUT2D eigenvalue weighted by Crippen LogP contribution is -2.40.